The lowest BCUT2D eigenvalue weighted by Gasteiger charge is -2.17. The van der Waals surface area contributed by atoms with Gasteiger partial charge in [-0.1, -0.05) is 0 Å². The molecule has 2 rings (SSSR count). The molecule has 0 bridgehead atoms. The van der Waals surface area contributed by atoms with E-state index in [-0.39, 0.29) is 0 Å². The van der Waals surface area contributed by atoms with Crippen molar-refractivity contribution < 1.29 is 0 Å². The molecule has 1 aliphatic carbocycles. The minimum absolute atomic E-state index is 0.649. The molecule has 0 unspecified atom stereocenters. The Kier molecular flexibility index (Phi) is 4.20. The number of nitrogens with one attached hydrogen (secondary N) is 1. The van der Waals surface area contributed by atoms with Gasteiger partial charge in [-0.15, -0.1) is 12.3 Å². The number of unbranched alkanes of at least 4 members (excludes halogenated alkanes) is 1. The smallest absolute Gasteiger partial charge is 0.144 e. The largest absolute Gasteiger partial charge is 0.369 e. The molecule has 1 aromatic rings. The summed E-state index contributed by atoms with van der Waals surface area (Å²) in [6.45, 7) is 0.769. The average molecular weight is 239 g/mol. The molecule has 0 spiro atoms. The Labute approximate surface area is 108 Å². The molecule has 0 saturated heterocycles. The van der Waals surface area contributed by atoms with E-state index in [2.05, 4.69) is 22.3 Å². The topological polar surface area (TPSA) is 48.7 Å². The van der Waals surface area contributed by atoms with Gasteiger partial charge < -0.3 is 5.32 Å². The fraction of sp³-hybridized carbons (Fsp3) is 0.467. The van der Waals surface area contributed by atoms with Gasteiger partial charge in [0.15, 0.2) is 0 Å². The van der Waals surface area contributed by atoms with Crippen LogP contribution >= 0.6 is 0 Å². The van der Waals surface area contributed by atoms with Crippen molar-refractivity contribution >= 4 is 5.82 Å². The van der Waals surface area contributed by atoms with Crippen LogP contribution in [0.1, 0.15) is 42.5 Å². The molecule has 0 saturated carbocycles. The predicted molar refractivity (Wildman–Crippen MR) is 72.2 cm³/mol. The van der Waals surface area contributed by atoms with E-state index in [1.807, 2.05) is 6.07 Å². The van der Waals surface area contributed by atoms with Crippen LogP contribution in [-0.2, 0) is 12.8 Å². The van der Waals surface area contributed by atoms with Crippen LogP contribution in [-0.4, -0.2) is 11.5 Å². The van der Waals surface area contributed by atoms with Gasteiger partial charge >= 0.3 is 0 Å². The van der Waals surface area contributed by atoms with Crippen molar-refractivity contribution in [2.75, 3.05) is 11.9 Å². The van der Waals surface area contributed by atoms with E-state index < -0.39 is 0 Å². The molecule has 0 aromatic carbocycles. The Morgan fingerprint density at radius 3 is 3.00 bits per heavy atom. The first-order valence-electron chi connectivity index (χ1n) is 6.45. The van der Waals surface area contributed by atoms with Crippen molar-refractivity contribution in [1.29, 1.82) is 5.26 Å². The zero-order chi connectivity index (χ0) is 12.8. The highest BCUT2D eigenvalue weighted by atomic mass is 15.0. The lowest BCUT2D eigenvalue weighted by molar-refractivity contribution is 0.667. The first-order valence-corrected chi connectivity index (χ1v) is 6.45. The third-order valence-electron chi connectivity index (χ3n) is 3.21. The third-order valence-corrected chi connectivity index (χ3v) is 3.21. The van der Waals surface area contributed by atoms with E-state index in [9.17, 15) is 0 Å². The van der Waals surface area contributed by atoms with Gasteiger partial charge in [-0.05, 0) is 43.7 Å². The van der Waals surface area contributed by atoms with Gasteiger partial charge in [0.1, 0.15) is 11.9 Å². The highest BCUT2D eigenvalue weighted by Crippen LogP contribution is 2.24. The SMILES string of the molecule is C#CCCCNc1nc2c(cc1C#N)CCCC2. The second-order valence-corrected chi connectivity index (χ2v) is 4.54. The molecular weight excluding hydrogens is 222 g/mol. The predicted octanol–water partition coefficient (Wildman–Crippen LogP) is 2.66. The van der Waals surface area contributed by atoms with Gasteiger partial charge in [0.2, 0.25) is 0 Å². The van der Waals surface area contributed by atoms with Gasteiger partial charge in [-0.3, -0.25) is 0 Å². The number of rotatable bonds is 4. The molecule has 1 N–H and O–H groups in total. The van der Waals surface area contributed by atoms with Crippen molar-refractivity contribution in [2.45, 2.75) is 38.5 Å². The first kappa shape index (κ1) is 12.5. The number of pyridine rings is 1. The van der Waals surface area contributed by atoms with Crippen LogP contribution in [0.15, 0.2) is 6.07 Å². The highest BCUT2D eigenvalue weighted by molar-refractivity contribution is 5.54. The van der Waals surface area contributed by atoms with E-state index in [1.54, 1.807) is 0 Å². The maximum atomic E-state index is 9.16. The monoisotopic (exact) mass is 239 g/mol. The van der Waals surface area contributed by atoms with Crippen LogP contribution in [0.5, 0.6) is 0 Å². The zero-order valence-corrected chi connectivity index (χ0v) is 10.5. The lowest BCUT2D eigenvalue weighted by Crippen LogP contribution is -2.11. The molecule has 1 aliphatic rings. The number of anilines is 1. The quantitative estimate of drug-likeness (QED) is 0.649. The molecule has 0 fully saturated rings. The maximum Gasteiger partial charge on any atom is 0.144 e. The number of hydrogen-bond acceptors (Lipinski definition) is 3. The highest BCUT2D eigenvalue weighted by Gasteiger charge is 2.14. The van der Waals surface area contributed by atoms with E-state index in [1.165, 1.54) is 18.4 Å². The number of aryl methyl sites for hydroxylation is 2. The van der Waals surface area contributed by atoms with Gasteiger partial charge in [-0.25, -0.2) is 4.98 Å². The molecule has 3 heteroatoms. The van der Waals surface area contributed by atoms with E-state index in [0.717, 1.165) is 43.7 Å². The van der Waals surface area contributed by atoms with Crippen LogP contribution in [0.25, 0.3) is 0 Å². The summed E-state index contributed by atoms with van der Waals surface area (Å²) in [7, 11) is 0. The number of nitriles is 1. The van der Waals surface area contributed by atoms with Crippen molar-refractivity contribution in [1.82, 2.24) is 4.98 Å². The summed E-state index contributed by atoms with van der Waals surface area (Å²) in [5.74, 6) is 3.32. The Morgan fingerprint density at radius 2 is 2.22 bits per heavy atom. The normalized spacial score (nSPS) is 13.2. The molecular formula is C15H17N3. The number of fused-ring (bicyclic) bond motifs is 1. The molecule has 0 atom stereocenters. The fourth-order valence-corrected chi connectivity index (χ4v) is 2.25. The molecule has 0 radical (unpaired) electrons. The molecule has 1 aromatic heterocycles. The Bertz CT molecular complexity index is 506. The Morgan fingerprint density at radius 1 is 1.39 bits per heavy atom. The molecule has 1 heterocycles. The van der Waals surface area contributed by atoms with Crippen LogP contribution in [0.3, 0.4) is 0 Å². The molecule has 0 amide bonds. The second kappa shape index (κ2) is 6.07. The number of nitrogens with zero attached hydrogens (tertiary/aromatic N) is 2. The fourth-order valence-electron chi connectivity index (χ4n) is 2.25. The third kappa shape index (κ3) is 2.81. The second-order valence-electron chi connectivity index (χ2n) is 4.54. The van der Waals surface area contributed by atoms with E-state index in [0.29, 0.717) is 5.56 Å². The van der Waals surface area contributed by atoms with Crippen LogP contribution in [0, 0.1) is 23.7 Å². The van der Waals surface area contributed by atoms with Gasteiger partial charge in [0, 0.05) is 18.7 Å². The molecule has 0 aliphatic heterocycles. The minimum Gasteiger partial charge on any atom is -0.369 e. The van der Waals surface area contributed by atoms with Crippen molar-refractivity contribution in [3.63, 3.8) is 0 Å². The first-order chi connectivity index (χ1) is 8.85. The van der Waals surface area contributed by atoms with Crippen LogP contribution in [0.2, 0.25) is 0 Å². The number of terminal acetylenes is 1. The van der Waals surface area contributed by atoms with E-state index in [4.69, 9.17) is 11.7 Å². The molecule has 3 nitrogen and oxygen atoms in total. The standard InChI is InChI=1S/C15H17N3/c1-2-3-6-9-17-15-13(11-16)10-12-7-4-5-8-14(12)18-15/h1,10H,3-9H2,(H,17,18). The minimum atomic E-state index is 0.649. The van der Waals surface area contributed by atoms with Crippen LogP contribution in [0.4, 0.5) is 5.82 Å². The summed E-state index contributed by atoms with van der Waals surface area (Å²) in [5, 5.41) is 12.4. The summed E-state index contributed by atoms with van der Waals surface area (Å²) in [6, 6.07) is 4.21. The summed E-state index contributed by atoms with van der Waals surface area (Å²) in [6.07, 6.45) is 11.3. The van der Waals surface area contributed by atoms with Gasteiger partial charge in [0.25, 0.3) is 0 Å². The summed E-state index contributed by atoms with van der Waals surface area (Å²) < 4.78 is 0. The number of hydrogen-bond donors (Lipinski definition) is 1. The summed E-state index contributed by atoms with van der Waals surface area (Å²) in [4.78, 5) is 4.60. The van der Waals surface area contributed by atoms with Crippen molar-refractivity contribution in [3.05, 3.63) is 22.9 Å². The Balaban J connectivity index is 2.13. The lowest BCUT2D eigenvalue weighted by atomic mass is 9.95. The molecule has 18 heavy (non-hydrogen) atoms. The summed E-state index contributed by atoms with van der Waals surface area (Å²) >= 11 is 0. The zero-order valence-electron chi connectivity index (χ0n) is 10.5. The van der Waals surface area contributed by atoms with E-state index >= 15 is 0 Å². The maximum absolute atomic E-state index is 9.16. The average Bonchev–Trinajstić information content (AvgIpc) is 2.42. The number of aromatic nitrogens is 1. The van der Waals surface area contributed by atoms with Gasteiger partial charge in [0.05, 0.1) is 5.56 Å². The summed E-state index contributed by atoms with van der Waals surface area (Å²) in [5.41, 5.74) is 3.04. The van der Waals surface area contributed by atoms with Crippen molar-refractivity contribution in [3.8, 4) is 18.4 Å². The van der Waals surface area contributed by atoms with Gasteiger partial charge in [-0.2, -0.15) is 5.26 Å². The Hall–Kier alpha value is -2.00. The van der Waals surface area contributed by atoms with Crippen LogP contribution < -0.4 is 5.32 Å². The molecule has 92 valence electrons. The van der Waals surface area contributed by atoms with Crippen molar-refractivity contribution in [2.24, 2.45) is 0 Å².